The van der Waals surface area contributed by atoms with Crippen LogP contribution in [-0.4, -0.2) is 28.8 Å². The lowest BCUT2D eigenvalue weighted by atomic mass is 10.4. The van der Waals surface area contributed by atoms with Crippen molar-refractivity contribution in [3.8, 4) is 0 Å². The number of thioether (sulfide) groups is 1. The summed E-state index contributed by atoms with van der Waals surface area (Å²) < 4.78 is 0. The van der Waals surface area contributed by atoms with Crippen LogP contribution in [0.25, 0.3) is 0 Å². The zero-order chi connectivity index (χ0) is 7.98. The SMILES string of the molecule is CCC(C)SCC(O)CN. The second-order valence-corrected chi connectivity index (χ2v) is 3.91. The van der Waals surface area contributed by atoms with E-state index in [1.165, 1.54) is 0 Å². The molecule has 0 amide bonds. The van der Waals surface area contributed by atoms with Gasteiger partial charge in [0.15, 0.2) is 0 Å². The van der Waals surface area contributed by atoms with Crippen LogP contribution in [0.2, 0.25) is 0 Å². The number of nitrogens with two attached hydrogens (primary N) is 1. The van der Waals surface area contributed by atoms with E-state index in [9.17, 15) is 0 Å². The second kappa shape index (κ2) is 6.01. The number of hydrogen-bond acceptors (Lipinski definition) is 3. The fourth-order valence-corrected chi connectivity index (χ4v) is 1.38. The Bertz CT molecular complexity index is 70.0. The molecular weight excluding hydrogens is 146 g/mol. The largest absolute Gasteiger partial charge is 0.391 e. The molecule has 0 saturated carbocycles. The topological polar surface area (TPSA) is 46.2 Å². The summed E-state index contributed by atoms with van der Waals surface area (Å²) in [6.07, 6.45) is 0.834. The van der Waals surface area contributed by atoms with Crippen molar-refractivity contribution in [1.29, 1.82) is 0 Å². The Balaban J connectivity index is 3.17. The van der Waals surface area contributed by atoms with Crippen molar-refractivity contribution in [1.82, 2.24) is 0 Å². The molecular formula is C7H17NOS. The summed E-state index contributed by atoms with van der Waals surface area (Å²) in [4.78, 5) is 0. The van der Waals surface area contributed by atoms with E-state index in [4.69, 9.17) is 10.8 Å². The Kier molecular flexibility index (Phi) is 6.17. The molecule has 3 heteroatoms. The van der Waals surface area contributed by atoms with Gasteiger partial charge in [0.25, 0.3) is 0 Å². The lowest BCUT2D eigenvalue weighted by Gasteiger charge is -2.10. The normalized spacial score (nSPS) is 16.8. The minimum absolute atomic E-state index is 0.320. The predicted octanol–water partition coefficient (Wildman–Crippen LogP) is 0.838. The second-order valence-electron chi connectivity index (χ2n) is 2.44. The molecule has 62 valence electrons. The highest BCUT2D eigenvalue weighted by Crippen LogP contribution is 2.13. The maximum absolute atomic E-state index is 9.06. The standard InChI is InChI=1S/C7H17NOS/c1-3-6(2)10-5-7(9)4-8/h6-7,9H,3-5,8H2,1-2H3. The third-order valence-corrected chi connectivity index (χ3v) is 2.90. The summed E-state index contributed by atoms with van der Waals surface area (Å²) in [5, 5.41) is 9.70. The fraction of sp³-hybridized carbons (Fsp3) is 1.00. The van der Waals surface area contributed by atoms with E-state index in [0.29, 0.717) is 11.8 Å². The van der Waals surface area contributed by atoms with Crippen molar-refractivity contribution >= 4 is 11.8 Å². The molecule has 0 rings (SSSR count). The number of rotatable bonds is 5. The molecule has 2 unspecified atom stereocenters. The molecule has 0 aromatic rings. The van der Waals surface area contributed by atoms with E-state index in [0.717, 1.165) is 12.2 Å². The first-order chi connectivity index (χ1) is 4.70. The van der Waals surface area contributed by atoms with Gasteiger partial charge in [0.05, 0.1) is 6.10 Å². The lowest BCUT2D eigenvalue weighted by molar-refractivity contribution is 0.208. The van der Waals surface area contributed by atoms with Crippen molar-refractivity contribution in [3.63, 3.8) is 0 Å². The van der Waals surface area contributed by atoms with Crippen LogP contribution >= 0.6 is 11.8 Å². The molecule has 0 aliphatic heterocycles. The molecule has 0 fully saturated rings. The van der Waals surface area contributed by atoms with Gasteiger partial charge in [-0.1, -0.05) is 13.8 Å². The van der Waals surface area contributed by atoms with Crippen molar-refractivity contribution in [2.75, 3.05) is 12.3 Å². The first-order valence-electron chi connectivity index (χ1n) is 3.70. The molecule has 0 spiro atoms. The summed E-state index contributed by atoms with van der Waals surface area (Å²) in [5.41, 5.74) is 5.24. The van der Waals surface area contributed by atoms with Gasteiger partial charge in [-0.3, -0.25) is 0 Å². The highest BCUT2D eigenvalue weighted by atomic mass is 32.2. The first-order valence-corrected chi connectivity index (χ1v) is 4.75. The van der Waals surface area contributed by atoms with Crippen LogP contribution in [0.3, 0.4) is 0 Å². The first kappa shape index (κ1) is 10.3. The molecule has 0 saturated heterocycles. The zero-order valence-electron chi connectivity index (χ0n) is 6.71. The van der Waals surface area contributed by atoms with Gasteiger partial charge in [-0.15, -0.1) is 0 Å². The minimum Gasteiger partial charge on any atom is -0.391 e. The summed E-state index contributed by atoms with van der Waals surface area (Å²) >= 11 is 1.78. The van der Waals surface area contributed by atoms with Crippen LogP contribution in [-0.2, 0) is 0 Å². The minimum atomic E-state index is -0.320. The molecule has 0 aliphatic rings. The molecule has 2 atom stereocenters. The van der Waals surface area contributed by atoms with Gasteiger partial charge in [0, 0.05) is 17.5 Å². The van der Waals surface area contributed by atoms with Gasteiger partial charge in [0.1, 0.15) is 0 Å². The van der Waals surface area contributed by atoms with Crippen molar-refractivity contribution in [3.05, 3.63) is 0 Å². The van der Waals surface area contributed by atoms with E-state index in [2.05, 4.69) is 13.8 Å². The Labute approximate surface area is 67.2 Å². The number of aliphatic hydroxyl groups excluding tert-OH is 1. The third kappa shape index (κ3) is 5.09. The molecule has 0 aliphatic carbocycles. The average Bonchev–Trinajstić information content (AvgIpc) is 1.99. The highest BCUT2D eigenvalue weighted by molar-refractivity contribution is 7.99. The summed E-state index contributed by atoms with van der Waals surface area (Å²) in [6, 6.07) is 0. The Morgan fingerprint density at radius 3 is 2.60 bits per heavy atom. The number of aliphatic hydroxyl groups is 1. The van der Waals surface area contributed by atoms with Crippen LogP contribution in [0.1, 0.15) is 20.3 Å². The van der Waals surface area contributed by atoms with Crippen LogP contribution in [0.5, 0.6) is 0 Å². The Morgan fingerprint density at radius 2 is 2.20 bits per heavy atom. The molecule has 0 aromatic carbocycles. The van der Waals surface area contributed by atoms with Crippen molar-refractivity contribution < 1.29 is 5.11 Å². The third-order valence-electron chi connectivity index (χ3n) is 1.42. The quantitative estimate of drug-likeness (QED) is 0.631. The van der Waals surface area contributed by atoms with E-state index >= 15 is 0 Å². The van der Waals surface area contributed by atoms with Crippen LogP contribution < -0.4 is 5.73 Å². The maximum Gasteiger partial charge on any atom is 0.0752 e. The molecule has 10 heavy (non-hydrogen) atoms. The smallest absolute Gasteiger partial charge is 0.0752 e. The van der Waals surface area contributed by atoms with Gasteiger partial charge in [-0.2, -0.15) is 11.8 Å². The lowest BCUT2D eigenvalue weighted by Crippen LogP contribution is -2.22. The van der Waals surface area contributed by atoms with Gasteiger partial charge < -0.3 is 10.8 Å². The molecule has 0 aromatic heterocycles. The van der Waals surface area contributed by atoms with Gasteiger partial charge in [0.2, 0.25) is 0 Å². The van der Waals surface area contributed by atoms with Gasteiger partial charge in [-0.05, 0) is 6.42 Å². The predicted molar refractivity (Wildman–Crippen MR) is 47.3 cm³/mol. The fourth-order valence-electron chi connectivity index (χ4n) is 0.461. The van der Waals surface area contributed by atoms with E-state index < -0.39 is 0 Å². The molecule has 0 heterocycles. The van der Waals surface area contributed by atoms with Crippen molar-refractivity contribution in [2.45, 2.75) is 31.6 Å². The van der Waals surface area contributed by atoms with Gasteiger partial charge >= 0.3 is 0 Å². The Hall–Kier alpha value is 0.270. The highest BCUT2D eigenvalue weighted by Gasteiger charge is 2.03. The van der Waals surface area contributed by atoms with Crippen LogP contribution in [0, 0.1) is 0 Å². The number of hydrogen-bond donors (Lipinski definition) is 2. The molecule has 3 N–H and O–H groups in total. The monoisotopic (exact) mass is 163 g/mol. The summed E-state index contributed by atoms with van der Waals surface area (Å²) in [5.74, 6) is 0.769. The molecule has 0 bridgehead atoms. The summed E-state index contributed by atoms with van der Waals surface area (Å²) in [6.45, 7) is 4.68. The van der Waals surface area contributed by atoms with Gasteiger partial charge in [-0.25, -0.2) is 0 Å². The van der Waals surface area contributed by atoms with E-state index in [1.807, 2.05) is 0 Å². The van der Waals surface area contributed by atoms with Crippen molar-refractivity contribution in [2.24, 2.45) is 5.73 Å². The van der Waals surface area contributed by atoms with E-state index in [-0.39, 0.29) is 6.10 Å². The summed E-state index contributed by atoms with van der Waals surface area (Å²) in [7, 11) is 0. The van der Waals surface area contributed by atoms with Crippen LogP contribution in [0.4, 0.5) is 0 Å². The van der Waals surface area contributed by atoms with Crippen LogP contribution in [0.15, 0.2) is 0 Å². The maximum atomic E-state index is 9.06. The molecule has 0 radical (unpaired) electrons. The Morgan fingerprint density at radius 1 is 1.60 bits per heavy atom. The zero-order valence-corrected chi connectivity index (χ0v) is 7.53. The van der Waals surface area contributed by atoms with E-state index in [1.54, 1.807) is 11.8 Å². The average molecular weight is 163 g/mol. The molecule has 2 nitrogen and oxygen atoms in total.